The maximum Gasteiger partial charge on any atom is 0.276 e. The van der Waals surface area contributed by atoms with Gasteiger partial charge in [0.15, 0.2) is 5.78 Å². The minimum atomic E-state index is -0.402. The van der Waals surface area contributed by atoms with E-state index in [0.717, 1.165) is 22.2 Å². The second-order valence-corrected chi connectivity index (χ2v) is 7.41. The number of imidazole rings is 1. The molecule has 0 aliphatic carbocycles. The number of H-pyrrole nitrogens is 1. The predicted molar refractivity (Wildman–Crippen MR) is 122 cm³/mol. The summed E-state index contributed by atoms with van der Waals surface area (Å²) in [5.74, 6) is 0.511. The quantitative estimate of drug-likeness (QED) is 0.448. The van der Waals surface area contributed by atoms with Gasteiger partial charge in [0.1, 0.15) is 17.0 Å². The Hall–Kier alpha value is -4.33. The zero-order chi connectivity index (χ0) is 22.1. The molecule has 1 aliphatic rings. The van der Waals surface area contributed by atoms with Crippen molar-refractivity contribution in [2.75, 3.05) is 12.4 Å². The molecule has 0 unspecified atom stereocenters. The molecule has 1 amide bonds. The van der Waals surface area contributed by atoms with Crippen LogP contribution in [-0.2, 0) is 0 Å². The maximum absolute atomic E-state index is 12.8. The lowest BCUT2D eigenvalue weighted by molar-refractivity contribution is 0.0998. The van der Waals surface area contributed by atoms with Crippen LogP contribution in [0.2, 0.25) is 0 Å². The number of nitrogens with zero attached hydrogens (tertiary/aromatic N) is 3. The molecule has 4 aromatic rings. The SMILES string of the molecule is COc1ccc2cc(C(=O)Nc3nc4c(C(=O)CC5=NC=CC5)cccc4[nH]3)ncc2c1. The third-order valence-electron chi connectivity index (χ3n) is 5.29. The first-order chi connectivity index (χ1) is 15.6. The number of nitrogens with one attached hydrogen (secondary N) is 2. The summed E-state index contributed by atoms with van der Waals surface area (Å²) >= 11 is 0. The number of anilines is 1. The lowest BCUT2D eigenvalue weighted by Gasteiger charge is -2.05. The van der Waals surface area contributed by atoms with Gasteiger partial charge in [0.05, 0.1) is 12.6 Å². The number of methoxy groups -OCH3 is 1. The molecule has 158 valence electrons. The van der Waals surface area contributed by atoms with E-state index >= 15 is 0 Å². The van der Waals surface area contributed by atoms with Crippen LogP contribution in [0, 0.1) is 0 Å². The number of Topliss-reactive ketones (excluding diaryl/α,β-unsaturated/α-hetero) is 1. The molecule has 0 fully saturated rings. The fourth-order valence-electron chi connectivity index (χ4n) is 3.66. The molecule has 5 rings (SSSR count). The van der Waals surface area contributed by atoms with Gasteiger partial charge in [0.25, 0.3) is 5.91 Å². The van der Waals surface area contributed by atoms with Gasteiger partial charge in [-0.1, -0.05) is 18.2 Å². The van der Waals surface area contributed by atoms with Crippen LogP contribution in [0.3, 0.4) is 0 Å². The van der Waals surface area contributed by atoms with E-state index in [-0.39, 0.29) is 23.8 Å². The molecule has 32 heavy (non-hydrogen) atoms. The molecule has 0 saturated carbocycles. The molecule has 0 saturated heterocycles. The van der Waals surface area contributed by atoms with Crippen molar-refractivity contribution in [3.63, 3.8) is 0 Å². The summed E-state index contributed by atoms with van der Waals surface area (Å²) in [6, 6.07) is 12.6. The number of hydrogen-bond donors (Lipinski definition) is 2. The highest BCUT2D eigenvalue weighted by Gasteiger charge is 2.18. The number of carbonyl (C=O) groups is 2. The van der Waals surface area contributed by atoms with Crippen molar-refractivity contribution < 1.29 is 14.3 Å². The van der Waals surface area contributed by atoms with Crippen LogP contribution in [0.5, 0.6) is 5.75 Å². The Morgan fingerprint density at radius 3 is 2.88 bits per heavy atom. The molecule has 0 spiro atoms. The fraction of sp³-hybridized carbons (Fsp3) is 0.125. The summed E-state index contributed by atoms with van der Waals surface area (Å²) in [6.07, 6.45) is 6.19. The third-order valence-corrected chi connectivity index (χ3v) is 5.29. The molecule has 0 bridgehead atoms. The lowest BCUT2D eigenvalue weighted by Crippen LogP contribution is -2.14. The molecule has 2 aromatic heterocycles. The number of fused-ring (bicyclic) bond motifs is 2. The standard InChI is InChI=1S/C24H19N5O3/c1-32-17-8-7-14-11-20(26-13-15(14)10-17)23(31)29-24-27-19-6-2-5-18(22(19)28-24)21(30)12-16-4-3-9-25-16/h2-3,5-11,13H,4,12H2,1H3,(H2,27,28,29,31). The number of ketones is 1. The van der Waals surface area contributed by atoms with E-state index in [1.807, 2.05) is 30.3 Å². The number of aliphatic imine (C=N–C) groups is 1. The number of amides is 1. The van der Waals surface area contributed by atoms with Crippen molar-refractivity contribution in [1.29, 1.82) is 0 Å². The van der Waals surface area contributed by atoms with E-state index in [1.165, 1.54) is 0 Å². The van der Waals surface area contributed by atoms with Crippen LogP contribution >= 0.6 is 0 Å². The number of para-hydroxylation sites is 1. The topological polar surface area (TPSA) is 109 Å². The first kappa shape index (κ1) is 19.6. The van der Waals surface area contributed by atoms with E-state index in [1.54, 1.807) is 37.7 Å². The number of aromatic nitrogens is 3. The van der Waals surface area contributed by atoms with Crippen molar-refractivity contribution in [3.05, 3.63) is 72.2 Å². The van der Waals surface area contributed by atoms with E-state index < -0.39 is 5.91 Å². The summed E-state index contributed by atoms with van der Waals surface area (Å²) in [4.78, 5) is 41.5. The summed E-state index contributed by atoms with van der Waals surface area (Å²) in [5.41, 5.74) is 2.75. The Labute approximate surface area is 183 Å². The summed E-state index contributed by atoms with van der Waals surface area (Å²) in [5, 5.41) is 4.47. The molecule has 0 atom stereocenters. The van der Waals surface area contributed by atoms with Gasteiger partial charge in [-0.25, -0.2) is 4.98 Å². The van der Waals surface area contributed by atoms with Gasteiger partial charge in [0, 0.05) is 41.9 Å². The first-order valence-corrected chi connectivity index (χ1v) is 10.1. The van der Waals surface area contributed by atoms with Crippen molar-refractivity contribution in [2.45, 2.75) is 12.8 Å². The second-order valence-electron chi connectivity index (χ2n) is 7.41. The lowest BCUT2D eigenvalue weighted by atomic mass is 10.0. The van der Waals surface area contributed by atoms with Crippen LogP contribution in [0.25, 0.3) is 21.8 Å². The van der Waals surface area contributed by atoms with E-state index in [0.29, 0.717) is 23.0 Å². The molecule has 8 nitrogen and oxygen atoms in total. The summed E-state index contributed by atoms with van der Waals surface area (Å²) in [7, 11) is 1.60. The second kappa shape index (κ2) is 8.07. The minimum absolute atomic E-state index is 0.0611. The Kier molecular flexibility index (Phi) is 4.95. The first-order valence-electron chi connectivity index (χ1n) is 10.1. The van der Waals surface area contributed by atoms with Gasteiger partial charge in [-0.05, 0) is 35.7 Å². The number of aromatic amines is 1. The van der Waals surface area contributed by atoms with Gasteiger partial charge >= 0.3 is 0 Å². The van der Waals surface area contributed by atoms with Crippen molar-refractivity contribution in [2.24, 2.45) is 4.99 Å². The molecule has 3 heterocycles. The van der Waals surface area contributed by atoms with Crippen LogP contribution in [0.4, 0.5) is 5.95 Å². The average molecular weight is 425 g/mol. The van der Waals surface area contributed by atoms with Gasteiger partial charge in [-0.3, -0.25) is 24.9 Å². The summed E-state index contributed by atoms with van der Waals surface area (Å²) in [6.45, 7) is 0. The van der Waals surface area contributed by atoms with Crippen LogP contribution < -0.4 is 10.1 Å². The van der Waals surface area contributed by atoms with Gasteiger partial charge in [-0.2, -0.15) is 0 Å². The van der Waals surface area contributed by atoms with Crippen molar-refractivity contribution in [3.8, 4) is 5.75 Å². The number of rotatable bonds is 6. The number of pyridine rings is 1. The van der Waals surface area contributed by atoms with Gasteiger partial charge < -0.3 is 9.72 Å². The number of benzene rings is 2. The Bertz CT molecular complexity index is 1430. The van der Waals surface area contributed by atoms with Crippen molar-refractivity contribution >= 4 is 45.2 Å². The fourth-order valence-corrected chi connectivity index (χ4v) is 3.66. The molecule has 8 heteroatoms. The molecule has 0 radical (unpaired) electrons. The molecule has 2 aromatic carbocycles. The largest absolute Gasteiger partial charge is 0.497 e. The Morgan fingerprint density at radius 1 is 1.16 bits per heavy atom. The molecular formula is C24H19N5O3. The minimum Gasteiger partial charge on any atom is -0.497 e. The highest BCUT2D eigenvalue weighted by molar-refractivity contribution is 6.15. The van der Waals surface area contributed by atoms with Gasteiger partial charge in [0.2, 0.25) is 5.95 Å². The van der Waals surface area contributed by atoms with E-state index in [4.69, 9.17) is 4.74 Å². The summed E-state index contributed by atoms with van der Waals surface area (Å²) < 4.78 is 5.22. The van der Waals surface area contributed by atoms with E-state index in [2.05, 4.69) is 25.3 Å². The van der Waals surface area contributed by atoms with Gasteiger partial charge in [-0.15, -0.1) is 0 Å². The number of allylic oxidation sites excluding steroid dienone is 1. The molecular weight excluding hydrogens is 406 g/mol. The predicted octanol–water partition coefficient (Wildman–Crippen LogP) is 4.30. The normalized spacial score (nSPS) is 12.8. The highest BCUT2D eigenvalue weighted by Crippen LogP contribution is 2.23. The maximum atomic E-state index is 12.8. The average Bonchev–Trinajstić information content (AvgIpc) is 3.47. The zero-order valence-electron chi connectivity index (χ0n) is 17.3. The highest BCUT2D eigenvalue weighted by atomic mass is 16.5. The Balaban J connectivity index is 1.38. The van der Waals surface area contributed by atoms with Crippen LogP contribution in [0.15, 0.2) is 65.9 Å². The van der Waals surface area contributed by atoms with Crippen molar-refractivity contribution in [1.82, 2.24) is 15.0 Å². The number of ether oxygens (including phenoxy) is 1. The smallest absolute Gasteiger partial charge is 0.276 e. The zero-order valence-corrected chi connectivity index (χ0v) is 17.3. The number of hydrogen-bond acceptors (Lipinski definition) is 6. The Morgan fingerprint density at radius 2 is 2.06 bits per heavy atom. The molecule has 2 N–H and O–H groups in total. The van der Waals surface area contributed by atoms with E-state index in [9.17, 15) is 9.59 Å². The molecule has 1 aliphatic heterocycles. The van der Waals surface area contributed by atoms with Crippen LogP contribution in [0.1, 0.15) is 33.7 Å². The number of carbonyl (C=O) groups excluding carboxylic acids is 2. The third kappa shape index (κ3) is 3.74. The van der Waals surface area contributed by atoms with Crippen LogP contribution in [-0.4, -0.2) is 39.5 Å². The monoisotopic (exact) mass is 425 g/mol.